The van der Waals surface area contributed by atoms with Gasteiger partial charge < -0.3 is 17.8 Å². The third-order valence-corrected chi connectivity index (χ3v) is 8.38. The summed E-state index contributed by atoms with van der Waals surface area (Å²) in [7, 11) is 0. The Bertz CT molecular complexity index is 2660. The molecule has 4 nitrogen and oxygen atoms in total. The lowest BCUT2D eigenvalue weighted by Crippen LogP contribution is -1.94. The standard InChI is InChI=1S/C36H19NO3/c1-5-13-26-22(10-1)33-34(37(26)20-17-18-30-25(19-20)21-9-2-6-14-27(21)38-30)36-32(24-12-4-8-16-29(24)40-36)31-23-11-3-7-15-28(23)39-35(31)33/h1-19H. The molecule has 0 aliphatic heterocycles. The minimum atomic E-state index is 0.864. The topological polar surface area (TPSA) is 44.4 Å². The Hall–Kier alpha value is -5.48. The third kappa shape index (κ3) is 2.42. The predicted molar refractivity (Wildman–Crippen MR) is 163 cm³/mol. The molecule has 0 saturated heterocycles. The summed E-state index contributed by atoms with van der Waals surface area (Å²) in [5, 5.41) is 8.75. The van der Waals surface area contributed by atoms with Gasteiger partial charge in [-0.1, -0.05) is 72.8 Å². The second-order valence-electron chi connectivity index (χ2n) is 10.5. The number of aromatic nitrogens is 1. The second kappa shape index (κ2) is 7.13. The summed E-state index contributed by atoms with van der Waals surface area (Å²) in [5.74, 6) is 0. The highest BCUT2D eigenvalue weighted by molar-refractivity contribution is 6.38. The molecule has 0 spiro atoms. The van der Waals surface area contributed by atoms with E-state index in [1.807, 2.05) is 36.4 Å². The van der Waals surface area contributed by atoms with E-state index in [1.54, 1.807) is 0 Å². The van der Waals surface area contributed by atoms with E-state index in [1.165, 1.54) is 0 Å². The number of furan rings is 3. The fourth-order valence-electron chi connectivity index (χ4n) is 6.74. The van der Waals surface area contributed by atoms with Gasteiger partial charge in [0.25, 0.3) is 0 Å². The first-order chi connectivity index (χ1) is 19.8. The third-order valence-electron chi connectivity index (χ3n) is 8.38. The van der Waals surface area contributed by atoms with Crippen molar-refractivity contribution in [2.45, 2.75) is 0 Å². The molecular weight excluding hydrogens is 494 g/mol. The Labute approximate surface area is 226 Å². The fraction of sp³-hybridized carbons (Fsp3) is 0. The highest BCUT2D eigenvalue weighted by Crippen LogP contribution is 2.48. The highest BCUT2D eigenvalue weighted by atomic mass is 16.3. The van der Waals surface area contributed by atoms with Crippen LogP contribution < -0.4 is 0 Å². The number of hydrogen-bond acceptors (Lipinski definition) is 3. The zero-order valence-electron chi connectivity index (χ0n) is 21.1. The van der Waals surface area contributed by atoms with E-state index >= 15 is 0 Å². The fourth-order valence-corrected chi connectivity index (χ4v) is 6.74. The summed E-state index contributed by atoms with van der Waals surface area (Å²) >= 11 is 0. The molecule has 0 atom stereocenters. The molecule has 0 radical (unpaired) electrons. The van der Waals surface area contributed by atoms with Crippen molar-refractivity contribution >= 4 is 87.6 Å². The van der Waals surface area contributed by atoms with Gasteiger partial charge in [-0.05, 0) is 42.5 Å². The van der Waals surface area contributed by atoms with Crippen LogP contribution in [0.4, 0.5) is 0 Å². The molecule has 10 aromatic rings. The van der Waals surface area contributed by atoms with Gasteiger partial charge in [-0.3, -0.25) is 0 Å². The normalized spacial score (nSPS) is 12.5. The van der Waals surface area contributed by atoms with Crippen molar-refractivity contribution in [2.24, 2.45) is 0 Å². The number of rotatable bonds is 1. The van der Waals surface area contributed by atoms with Crippen molar-refractivity contribution in [2.75, 3.05) is 0 Å². The van der Waals surface area contributed by atoms with Crippen molar-refractivity contribution in [3.8, 4) is 5.69 Å². The van der Waals surface area contributed by atoms with Gasteiger partial charge in [-0.2, -0.15) is 0 Å². The van der Waals surface area contributed by atoms with E-state index < -0.39 is 0 Å². The number of benzene rings is 6. The molecule has 0 amide bonds. The minimum Gasteiger partial charge on any atom is -0.456 e. The minimum absolute atomic E-state index is 0.864. The van der Waals surface area contributed by atoms with Gasteiger partial charge in [0.1, 0.15) is 33.4 Å². The van der Waals surface area contributed by atoms with E-state index in [0.717, 1.165) is 93.3 Å². The lowest BCUT2D eigenvalue weighted by Gasteiger charge is -2.08. The molecule has 10 rings (SSSR count). The lowest BCUT2D eigenvalue weighted by atomic mass is 10.0. The van der Waals surface area contributed by atoms with Crippen molar-refractivity contribution in [3.63, 3.8) is 0 Å². The van der Waals surface area contributed by atoms with Crippen LogP contribution in [0.5, 0.6) is 0 Å². The highest BCUT2D eigenvalue weighted by Gasteiger charge is 2.26. The Kier molecular flexibility index (Phi) is 3.65. The van der Waals surface area contributed by atoms with Crippen LogP contribution in [0.3, 0.4) is 0 Å². The van der Waals surface area contributed by atoms with Crippen LogP contribution in [0.25, 0.3) is 93.3 Å². The first-order valence-corrected chi connectivity index (χ1v) is 13.4. The van der Waals surface area contributed by atoms with Crippen LogP contribution in [0.2, 0.25) is 0 Å². The molecule has 0 fully saturated rings. The van der Waals surface area contributed by atoms with Crippen LogP contribution in [-0.2, 0) is 0 Å². The van der Waals surface area contributed by atoms with E-state index in [-0.39, 0.29) is 0 Å². The summed E-state index contributed by atoms with van der Waals surface area (Å²) in [6.45, 7) is 0. The van der Waals surface area contributed by atoms with Gasteiger partial charge in [0.2, 0.25) is 0 Å². The van der Waals surface area contributed by atoms with E-state index in [9.17, 15) is 0 Å². The summed E-state index contributed by atoms with van der Waals surface area (Å²) in [5.41, 5.74) is 8.40. The molecule has 0 N–H and O–H groups in total. The van der Waals surface area contributed by atoms with Crippen LogP contribution >= 0.6 is 0 Å². The summed E-state index contributed by atoms with van der Waals surface area (Å²) < 4.78 is 21.9. The average molecular weight is 514 g/mol. The maximum absolute atomic E-state index is 6.75. The molecule has 186 valence electrons. The van der Waals surface area contributed by atoms with Crippen molar-refractivity contribution in [3.05, 3.63) is 115 Å². The Balaban J connectivity index is 1.49. The van der Waals surface area contributed by atoms with E-state index in [4.69, 9.17) is 13.3 Å². The molecule has 0 bridgehead atoms. The summed E-state index contributed by atoms with van der Waals surface area (Å²) in [4.78, 5) is 0. The SMILES string of the molecule is c1ccc2c(c1)oc1ccc(-n3c4ccccc4c4c5oc6ccccc6c5c5c6ccccc6oc5c43)cc12. The Morgan fingerprint density at radius 2 is 0.950 bits per heavy atom. The molecule has 0 saturated carbocycles. The predicted octanol–water partition coefficient (Wildman–Crippen LogP) is 10.5. The lowest BCUT2D eigenvalue weighted by molar-refractivity contribution is 0.667. The summed E-state index contributed by atoms with van der Waals surface area (Å²) in [6.07, 6.45) is 0. The summed E-state index contributed by atoms with van der Waals surface area (Å²) in [6, 6.07) is 39.8. The number of fused-ring (bicyclic) bond motifs is 15. The van der Waals surface area contributed by atoms with Gasteiger partial charge in [-0.25, -0.2) is 0 Å². The van der Waals surface area contributed by atoms with Gasteiger partial charge in [0, 0.05) is 43.4 Å². The molecule has 0 aliphatic rings. The van der Waals surface area contributed by atoms with E-state index in [0.29, 0.717) is 0 Å². The molecule has 4 heteroatoms. The smallest absolute Gasteiger partial charge is 0.160 e. The molecule has 40 heavy (non-hydrogen) atoms. The molecular formula is C36H19NO3. The average Bonchev–Trinajstić information content (AvgIpc) is 3.75. The van der Waals surface area contributed by atoms with Gasteiger partial charge in [0.15, 0.2) is 5.58 Å². The Morgan fingerprint density at radius 1 is 0.400 bits per heavy atom. The number of hydrogen-bond donors (Lipinski definition) is 0. The zero-order chi connectivity index (χ0) is 25.9. The van der Waals surface area contributed by atoms with Crippen LogP contribution in [0.1, 0.15) is 0 Å². The quantitative estimate of drug-likeness (QED) is 0.219. The van der Waals surface area contributed by atoms with Crippen molar-refractivity contribution in [1.29, 1.82) is 0 Å². The number of nitrogens with zero attached hydrogens (tertiary/aromatic N) is 1. The van der Waals surface area contributed by atoms with Gasteiger partial charge in [-0.15, -0.1) is 0 Å². The van der Waals surface area contributed by atoms with Crippen molar-refractivity contribution in [1.82, 2.24) is 4.57 Å². The largest absolute Gasteiger partial charge is 0.456 e. The molecule has 4 heterocycles. The van der Waals surface area contributed by atoms with Gasteiger partial charge >= 0.3 is 0 Å². The molecule has 0 unspecified atom stereocenters. The van der Waals surface area contributed by atoms with Crippen LogP contribution in [0, 0.1) is 0 Å². The maximum atomic E-state index is 6.75. The van der Waals surface area contributed by atoms with Crippen molar-refractivity contribution < 1.29 is 13.3 Å². The first kappa shape index (κ1) is 20.5. The number of para-hydroxylation sites is 4. The molecule has 0 aliphatic carbocycles. The maximum Gasteiger partial charge on any atom is 0.160 e. The second-order valence-corrected chi connectivity index (χ2v) is 10.5. The van der Waals surface area contributed by atoms with E-state index in [2.05, 4.69) is 83.4 Å². The zero-order valence-corrected chi connectivity index (χ0v) is 21.1. The molecule has 4 aromatic heterocycles. The monoisotopic (exact) mass is 513 g/mol. The first-order valence-electron chi connectivity index (χ1n) is 13.4. The van der Waals surface area contributed by atoms with Crippen LogP contribution in [-0.4, -0.2) is 4.57 Å². The molecule has 6 aromatic carbocycles. The Morgan fingerprint density at radius 3 is 1.70 bits per heavy atom. The van der Waals surface area contributed by atoms with Gasteiger partial charge in [0.05, 0.1) is 10.9 Å². The van der Waals surface area contributed by atoms with Crippen LogP contribution in [0.15, 0.2) is 129 Å².